The van der Waals surface area contributed by atoms with E-state index in [1.165, 1.54) is 0 Å². The van der Waals surface area contributed by atoms with Crippen LogP contribution in [0.25, 0.3) is 5.69 Å². The molecule has 21 heavy (non-hydrogen) atoms. The van der Waals surface area contributed by atoms with E-state index in [1.54, 1.807) is 13.3 Å². The van der Waals surface area contributed by atoms with Gasteiger partial charge in [0.2, 0.25) is 0 Å². The summed E-state index contributed by atoms with van der Waals surface area (Å²) >= 11 is 0. The molecule has 1 aromatic carbocycles. The van der Waals surface area contributed by atoms with Gasteiger partial charge in [0.25, 0.3) is 0 Å². The number of nitrogens with one attached hydrogen (secondary N) is 1. The smallest absolute Gasteiger partial charge is 0.0939 e. The van der Waals surface area contributed by atoms with Crippen molar-refractivity contribution in [2.75, 3.05) is 7.11 Å². The van der Waals surface area contributed by atoms with Crippen LogP contribution >= 0.6 is 0 Å². The molecule has 1 aliphatic rings. The van der Waals surface area contributed by atoms with Crippen LogP contribution in [0.2, 0.25) is 0 Å². The largest absolute Gasteiger partial charge is 0.376 e. The lowest BCUT2D eigenvalue weighted by Gasteiger charge is -2.35. The Bertz CT molecular complexity index is 577. The van der Waals surface area contributed by atoms with Gasteiger partial charge in [0.15, 0.2) is 0 Å². The lowest BCUT2D eigenvalue weighted by atomic mass is 9.90. The first kappa shape index (κ1) is 14.2. The van der Waals surface area contributed by atoms with Crippen molar-refractivity contribution in [2.45, 2.75) is 37.3 Å². The molecule has 1 aliphatic carbocycles. The third kappa shape index (κ3) is 2.46. The molecule has 0 radical (unpaired) electrons. The number of hydrazine groups is 1. The molecule has 6 heteroatoms. The number of methoxy groups -OCH3 is 1. The molecule has 6 nitrogen and oxygen atoms in total. The monoisotopic (exact) mass is 287 g/mol. The van der Waals surface area contributed by atoms with Gasteiger partial charge in [-0.1, -0.05) is 36.3 Å². The van der Waals surface area contributed by atoms with E-state index in [2.05, 4.69) is 15.7 Å². The van der Waals surface area contributed by atoms with Crippen molar-refractivity contribution < 1.29 is 4.74 Å². The number of aromatic nitrogens is 3. The van der Waals surface area contributed by atoms with E-state index in [0.29, 0.717) is 0 Å². The summed E-state index contributed by atoms with van der Waals surface area (Å²) in [6, 6.07) is 9.80. The summed E-state index contributed by atoms with van der Waals surface area (Å²) in [6.07, 6.45) is 6.03. The van der Waals surface area contributed by atoms with E-state index in [9.17, 15) is 0 Å². The van der Waals surface area contributed by atoms with Gasteiger partial charge in [-0.15, -0.1) is 5.10 Å². The van der Waals surface area contributed by atoms with Crippen LogP contribution in [-0.2, 0) is 4.74 Å². The van der Waals surface area contributed by atoms with Crippen molar-refractivity contribution >= 4 is 0 Å². The summed E-state index contributed by atoms with van der Waals surface area (Å²) in [7, 11) is 1.76. The van der Waals surface area contributed by atoms with E-state index >= 15 is 0 Å². The highest BCUT2D eigenvalue weighted by Gasteiger charge is 2.43. The van der Waals surface area contributed by atoms with E-state index in [0.717, 1.165) is 37.1 Å². The first-order chi connectivity index (χ1) is 10.3. The quantitative estimate of drug-likeness (QED) is 0.647. The maximum atomic E-state index is 5.86. The van der Waals surface area contributed by atoms with Crippen LogP contribution in [0, 0.1) is 0 Å². The molecule has 0 bridgehead atoms. The summed E-state index contributed by atoms with van der Waals surface area (Å²) in [6.45, 7) is 0. The van der Waals surface area contributed by atoms with Crippen molar-refractivity contribution in [3.63, 3.8) is 0 Å². The van der Waals surface area contributed by atoms with Gasteiger partial charge in [-0.05, 0) is 25.0 Å². The molecule has 0 aliphatic heterocycles. The van der Waals surface area contributed by atoms with Gasteiger partial charge in [-0.3, -0.25) is 5.84 Å². The zero-order valence-corrected chi connectivity index (χ0v) is 12.2. The summed E-state index contributed by atoms with van der Waals surface area (Å²) in [4.78, 5) is 0. The summed E-state index contributed by atoms with van der Waals surface area (Å²) < 4.78 is 7.68. The third-order valence-corrected chi connectivity index (χ3v) is 4.42. The van der Waals surface area contributed by atoms with Crippen LogP contribution in [0.4, 0.5) is 0 Å². The average Bonchev–Trinajstić information content (AvgIpc) is 3.19. The SMILES string of the molecule is COC1(C(NN)c2cnnn2-c2ccccc2)CCCC1. The molecule has 1 saturated carbocycles. The number of hydrogen-bond donors (Lipinski definition) is 2. The van der Waals surface area contributed by atoms with E-state index < -0.39 is 0 Å². The Morgan fingerprint density at radius 2 is 2.00 bits per heavy atom. The Morgan fingerprint density at radius 3 is 2.62 bits per heavy atom. The molecule has 1 heterocycles. The highest BCUT2D eigenvalue weighted by Crippen LogP contribution is 2.42. The summed E-state index contributed by atoms with van der Waals surface area (Å²) in [5, 5.41) is 8.27. The summed E-state index contributed by atoms with van der Waals surface area (Å²) in [5.74, 6) is 5.85. The molecular weight excluding hydrogens is 266 g/mol. The number of nitrogens with zero attached hydrogens (tertiary/aromatic N) is 3. The molecule has 0 saturated heterocycles. The molecule has 1 unspecified atom stereocenters. The first-order valence-corrected chi connectivity index (χ1v) is 7.28. The standard InChI is InChI=1S/C15H21N5O/c1-21-15(9-5-6-10-15)14(18-16)13-11-17-19-20(13)12-7-3-2-4-8-12/h2-4,7-8,11,14,18H,5-6,9-10,16H2,1H3. The molecular formula is C15H21N5O. The Morgan fingerprint density at radius 1 is 1.29 bits per heavy atom. The molecule has 2 aromatic rings. The van der Waals surface area contributed by atoms with Gasteiger partial charge in [-0.25, -0.2) is 10.1 Å². The van der Waals surface area contributed by atoms with Crippen molar-refractivity contribution in [2.24, 2.45) is 5.84 Å². The van der Waals surface area contributed by atoms with E-state index in [4.69, 9.17) is 10.6 Å². The van der Waals surface area contributed by atoms with E-state index in [1.807, 2.05) is 35.0 Å². The minimum absolute atomic E-state index is 0.139. The lowest BCUT2D eigenvalue weighted by Crippen LogP contribution is -2.47. The number of rotatable bonds is 5. The highest BCUT2D eigenvalue weighted by molar-refractivity contribution is 5.33. The Hall–Kier alpha value is -1.76. The van der Waals surface area contributed by atoms with Crippen molar-refractivity contribution in [1.29, 1.82) is 0 Å². The zero-order chi connectivity index (χ0) is 14.7. The third-order valence-electron chi connectivity index (χ3n) is 4.42. The fourth-order valence-electron chi connectivity index (χ4n) is 3.30. The minimum atomic E-state index is -0.289. The highest BCUT2D eigenvalue weighted by atomic mass is 16.5. The second-order valence-electron chi connectivity index (χ2n) is 5.48. The minimum Gasteiger partial charge on any atom is -0.376 e. The second-order valence-corrected chi connectivity index (χ2v) is 5.48. The number of hydrogen-bond acceptors (Lipinski definition) is 5. The molecule has 1 atom stereocenters. The Labute approximate surface area is 124 Å². The fourth-order valence-corrected chi connectivity index (χ4v) is 3.30. The van der Waals surface area contributed by atoms with Crippen LogP contribution in [0.1, 0.15) is 37.4 Å². The van der Waals surface area contributed by atoms with Crippen LogP contribution in [0.5, 0.6) is 0 Å². The van der Waals surface area contributed by atoms with Gasteiger partial charge in [-0.2, -0.15) is 0 Å². The number of para-hydroxylation sites is 1. The molecule has 1 aromatic heterocycles. The number of nitrogens with two attached hydrogens (primary N) is 1. The molecule has 0 amide bonds. The van der Waals surface area contributed by atoms with Crippen molar-refractivity contribution in [3.8, 4) is 5.69 Å². The van der Waals surface area contributed by atoms with Gasteiger partial charge >= 0.3 is 0 Å². The molecule has 3 N–H and O–H groups in total. The van der Waals surface area contributed by atoms with Crippen molar-refractivity contribution in [3.05, 3.63) is 42.2 Å². The second kappa shape index (κ2) is 5.93. The average molecular weight is 287 g/mol. The molecule has 3 rings (SSSR count). The Balaban J connectivity index is 2.01. The first-order valence-electron chi connectivity index (χ1n) is 7.28. The normalized spacial score (nSPS) is 18.8. The summed E-state index contributed by atoms with van der Waals surface area (Å²) in [5.41, 5.74) is 4.52. The number of benzene rings is 1. The predicted octanol–water partition coefficient (Wildman–Crippen LogP) is 1.73. The van der Waals surface area contributed by atoms with Crippen LogP contribution < -0.4 is 11.3 Å². The van der Waals surface area contributed by atoms with Gasteiger partial charge in [0, 0.05) is 7.11 Å². The lowest BCUT2D eigenvalue weighted by molar-refractivity contribution is -0.0385. The van der Waals surface area contributed by atoms with Crippen molar-refractivity contribution in [1.82, 2.24) is 20.4 Å². The predicted molar refractivity (Wildman–Crippen MR) is 79.6 cm³/mol. The maximum Gasteiger partial charge on any atom is 0.0939 e. The molecule has 112 valence electrons. The van der Waals surface area contributed by atoms with Gasteiger partial charge in [0.05, 0.1) is 29.2 Å². The van der Waals surface area contributed by atoms with Crippen LogP contribution in [0.15, 0.2) is 36.5 Å². The Kier molecular flexibility index (Phi) is 4.01. The number of ether oxygens (including phenoxy) is 1. The van der Waals surface area contributed by atoms with Gasteiger partial charge < -0.3 is 4.74 Å². The van der Waals surface area contributed by atoms with Crippen LogP contribution in [-0.4, -0.2) is 27.7 Å². The maximum absolute atomic E-state index is 5.86. The molecule has 0 spiro atoms. The van der Waals surface area contributed by atoms with E-state index in [-0.39, 0.29) is 11.6 Å². The van der Waals surface area contributed by atoms with Gasteiger partial charge in [0.1, 0.15) is 0 Å². The zero-order valence-electron chi connectivity index (χ0n) is 12.2. The fraction of sp³-hybridized carbons (Fsp3) is 0.467. The topological polar surface area (TPSA) is 78.0 Å². The molecule has 1 fully saturated rings. The van der Waals surface area contributed by atoms with Crippen LogP contribution in [0.3, 0.4) is 0 Å².